The first kappa shape index (κ1) is 22.4. The molecule has 1 aliphatic heterocycles. The van der Waals surface area contributed by atoms with Crippen molar-refractivity contribution in [2.75, 3.05) is 30.0 Å². The molecule has 1 aromatic carbocycles. The van der Waals surface area contributed by atoms with E-state index in [1.807, 2.05) is 71.2 Å². The lowest BCUT2D eigenvalue weighted by atomic mass is 10.1. The molecule has 1 unspecified atom stereocenters. The summed E-state index contributed by atoms with van der Waals surface area (Å²) in [5.41, 5.74) is 0.307. The van der Waals surface area contributed by atoms with E-state index in [0.29, 0.717) is 6.54 Å². The zero-order chi connectivity index (χ0) is 19.7. The van der Waals surface area contributed by atoms with Crippen LogP contribution in [0.3, 0.4) is 0 Å². The monoisotopic (exact) mass is 380 g/mol. The number of benzene rings is 1. The second-order valence-corrected chi connectivity index (χ2v) is 7.87. The van der Waals surface area contributed by atoms with Crippen LogP contribution in [0.4, 0.5) is 10.5 Å². The van der Waals surface area contributed by atoms with Crippen LogP contribution in [0.5, 0.6) is 0 Å². The number of para-hydroxylation sites is 1. The van der Waals surface area contributed by atoms with Crippen molar-refractivity contribution < 1.29 is 14.3 Å². The highest BCUT2D eigenvalue weighted by molar-refractivity contribution is 7.98. The van der Waals surface area contributed by atoms with Crippen LogP contribution < -0.4 is 4.90 Å². The zero-order valence-corrected chi connectivity index (χ0v) is 17.6. The molecule has 0 saturated carbocycles. The number of carbonyl (C=O) groups is 2. The van der Waals surface area contributed by atoms with Gasteiger partial charge in [0.15, 0.2) is 0 Å². The third-order valence-electron chi connectivity index (χ3n) is 3.79. The summed E-state index contributed by atoms with van der Waals surface area (Å²) in [6.45, 7) is 10.1. The Balaban J connectivity index is 0.00000163. The highest BCUT2D eigenvalue weighted by atomic mass is 32.2. The highest BCUT2D eigenvalue weighted by Gasteiger charge is 2.37. The van der Waals surface area contributed by atoms with Gasteiger partial charge in [-0.1, -0.05) is 32.0 Å². The third-order valence-corrected chi connectivity index (χ3v) is 4.44. The summed E-state index contributed by atoms with van der Waals surface area (Å²) in [4.78, 5) is 28.4. The molecule has 26 heavy (non-hydrogen) atoms. The van der Waals surface area contributed by atoms with Crippen LogP contribution in [0, 0.1) is 0 Å². The minimum atomic E-state index is -0.569. The van der Waals surface area contributed by atoms with Crippen molar-refractivity contribution in [1.82, 2.24) is 4.90 Å². The minimum absolute atomic E-state index is 0.0368. The number of hydrogen-bond donors (Lipinski definition) is 0. The Hall–Kier alpha value is -1.69. The predicted octanol–water partition coefficient (Wildman–Crippen LogP) is 4.42. The average Bonchev–Trinajstić information content (AvgIpc) is 2.61. The Labute approximate surface area is 162 Å². The quantitative estimate of drug-likeness (QED) is 0.776. The topological polar surface area (TPSA) is 49.9 Å². The number of ether oxygens (including phenoxy) is 1. The molecule has 5 nitrogen and oxygen atoms in total. The number of amides is 2. The summed E-state index contributed by atoms with van der Waals surface area (Å²) in [6.07, 6.45) is 2.47. The van der Waals surface area contributed by atoms with Crippen LogP contribution in [-0.4, -0.2) is 53.6 Å². The fourth-order valence-corrected chi connectivity index (χ4v) is 3.17. The van der Waals surface area contributed by atoms with Crippen molar-refractivity contribution in [1.29, 1.82) is 0 Å². The van der Waals surface area contributed by atoms with Crippen molar-refractivity contribution in [3.8, 4) is 0 Å². The first-order chi connectivity index (χ1) is 12.3. The number of thioether (sulfide) groups is 1. The van der Waals surface area contributed by atoms with Gasteiger partial charge in [0.05, 0.1) is 6.04 Å². The Morgan fingerprint density at radius 2 is 1.85 bits per heavy atom. The summed E-state index contributed by atoms with van der Waals surface area (Å²) < 4.78 is 5.49. The van der Waals surface area contributed by atoms with Gasteiger partial charge in [-0.3, -0.25) is 9.69 Å². The number of anilines is 1. The Bertz CT molecular complexity index is 572. The van der Waals surface area contributed by atoms with E-state index < -0.39 is 11.7 Å². The lowest BCUT2D eigenvalue weighted by Crippen LogP contribution is -2.59. The first-order valence-corrected chi connectivity index (χ1v) is 10.5. The van der Waals surface area contributed by atoms with Crippen molar-refractivity contribution in [2.24, 2.45) is 0 Å². The molecule has 1 saturated heterocycles. The molecule has 0 aliphatic carbocycles. The minimum Gasteiger partial charge on any atom is -0.444 e. The molecule has 146 valence electrons. The Kier molecular flexibility index (Phi) is 8.99. The summed E-state index contributed by atoms with van der Waals surface area (Å²) in [7, 11) is 0. The normalized spacial score (nSPS) is 17.5. The predicted molar refractivity (Wildman–Crippen MR) is 110 cm³/mol. The number of nitrogens with zero attached hydrogens (tertiary/aromatic N) is 2. The molecule has 1 aromatic rings. The Morgan fingerprint density at radius 1 is 1.23 bits per heavy atom. The molecule has 2 amide bonds. The largest absolute Gasteiger partial charge is 0.444 e. The van der Waals surface area contributed by atoms with E-state index in [9.17, 15) is 9.59 Å². The van der Waals surface area contributed by atoms with E-state index in [0.717, 1.165) is 17.9 Å². The lowest BCUT2D eigenvalue weighted by molar-refractivity contribution is -0.122. The molecule has 1 heterocycles. The summed E-state index contributed by atoms with van der Waals surface area (Å²) in [5.74, 6) is 0.855. The van der Waals surface area contributed by atoms with Gasteiger partial charge < -0.3 is 9.64 Å². The van der Waals surface area contributed by atoms with Crippen molar-refractivity contribution >= 4 is 29.4 Å². The van der Waals surface area contributed by atoms with E-state index in [2.05, 4.69) is 0 Å². The molecule has 1 atom stereocenters. The van der Waals surface area contributed by atoms with E-state index in [1.54, 1.807) is 21.6 Å². The highest BCUT2D eigenvalue weighted by Crippen LogP contribution is 2.24. The van der Waals surface area contributed by atoms with Crippen molar-refractivity contribution in [2.45, 2.75) is 52.7 Å². The molecule has 0 radical (unpaired) electrons. The van der Waals surface area contributed by atoms with Crippen LogP contribution in [-0.2, 0) is 9.53 Å². The molecule has 2 rings (SSSR count). The van der Waals surface area contributed by atoms with Gasteiger partial charge in [0.1, 0.15) is 12.1 Å². The third kappa shape index (κ3) is 6.56. The number of piperazine rings is 1. The maximum absolute atomic E-state index is 12.6. The summed E-state index contributed by atoms with van der Waals surface area (Å²) >= 11 is 1.74. The molecule has 0 aromatic heterocycles. The maximum atomic E-state index is 12.6. The summed E-state index contributed by atoms with van der Waals surface area (Å²) in [6, 6.07) is 9.57. The maximum Gasteiger partial charge on any atom is 0.411 e. The van der Waals surface area contributed by atoms with Gasteiger partial charge in [-0.2, -0.15) is 11.8 Å². The van der Waals surface area contributed by atoms with Gasteiger partial charge in [0.2, 0.25) is 5.91 Å². The van der Waals surface area contributed by atoms with Crippen LogP contribution in [0.25, 0.3) is 0 Å². The van der Waals surface area contributed by atoms with Gasteiger partial charge in [0.25, 0.3) is 0 Å². The number of carbonyl (C=O) groups excluding carboxylic acids is 2. The second kappa shape index (κ2) is 10.5. The van der Waals surface area contributed by atoms with Gasteiger partial charge in [-0.25, -0.2) is 4.79 Å². The summed E-state index contributed by atoms with van der Waals surface area (Å²) in [5, 5.41) is 0. The number of hydrogen-bond acceptors (Lipinski definition) is 4. The van der Waals surface area contributed by atoms with Crippen LogP contribution >= 0.6 is 11.8 Å². The number of rotatable bonds is 4. The second-order valence-electron chi connectivity index (χ2n) is 6.88. The molecule has 0 bridgehead atoms. The van der Waals surface area contributed by atoms with E-state index in [4.69, 9.17) is 4.74 Å². The van der Waals surface area contributed by atoms with Crippen LogP contribution in [0.1, 0.15) is 41.0 Å². The molecular formula is C20H32N2O3S. The molecule has 6 heteroatoms. The van der Waals surface area contributed by atoms with Crippen LogP contribution in [0.15, 0.2) is 30.3 Å². The molecule has 1 fully saturated rings. The fourth-order valence-electron chi connectivity index (χ4n) is 2.66. The first-order valence-electron chi connectivity index (χ1n) is 9.16. The molecular weight excluding hydrogens is 348 g/mol. The van der Waals surface area contributed by atoms with E-state index in [1.165, 1.54) is 0 Å². The SMILES string of the molecule is CC.CSCCC1CN(c2ccccc2)C(=O)CN1C(=O)OC(C)(C)C. The standard InChI is InChI=1S/C18H26N2O3S.C2H6/c1-18(2,3)23-17(22)20-13-16(21)19(12-15(20)10-11-24-4)14-8-6-5-7-9-14;1-2/h5-9,15H,10-13H2,1-4H3;1-2H3. The van der Waals surface area contributed by atoms with Gasteiger partial charge >= 0.3 is 6.09 Å². The molecule has 0 spiro atoms. The van der Waals surface area contributed by atoms with Gasteiger partial charge in [-0.05, 0) is 51.3 Å². The van der Waals surface area contributed by atoms with Crippen molar-refractivity contribution in [3.05, 3.63) is 30.3 Å². The van der Waals surface area contributed by atoms with E-state index >= 15 is 0 Å². The van der Waals surface area contributed by atoms with E-state index in [-0.39, 0.29) is 18.5 Å². The zero-order valence-electron chi connectivity index (χ0n) is 16.8. The molecule has 0 N–H and O–H groups in total. The van der Waals surface area contributed by atoms with Gasteiger partial charge in [-0.15, -0.1) is 0 Å². The fraction of sp³-hybridized carbons (Fsp3) is 0.600. The Morgan fingerprint density at radius 3 is 2.38 bits per heavy atom. The van der Waals surface area contributed by atoms with Crippen LogP contribution in [0.2, 0.25) is 0 Å². The average molecular weight is 381 g/mol. The molecule has 1 aliphatic rings. The van der Waals surface area contributed by atoms with Gasteiger partial charge in [0, 0.05) is 12.2 Å². The smallest absolute Gasteiger partial charge is 0.411 e. The lowest BCUT2D eigenvalue weighted by Gasteiger charge is -2.41. The van der Waals surface area contributed by atoms with Crippen molar-refractivity contribution in [3.63, 3.8) is 0 Å².